The molecule has 0 saturated heterocycles. The van der Waals surface area contributed by atoms with Crippen LogP contribution in [0.2, 0.25) is 0 Å². The Morgan fingerprint density at radius 2 is 1.84 bits per heavy atom. The van der Waals surface area contributed by atoms with E-state index in [1.165, 1.54) is 17.5 Å². The SMILES string of the molecule is CCCc1ccc(C(C)Nc2cccc(O)c2)cc1. The van der Waals surface area contributed by atoms with Gasteiger partial charge in [-0.1, -0.05) is 43.7 Å². The van der Waals surface area contributed by atoms with Crippen molar-refractivity contribution in [3.63, 3.8) is 0 Å². The maximum absolute atomic E-state index is 9.45. The predicted molar refractivity (Wildman–Crippen MR) is 80.6 cm³/mol. The molecule has 2 nitrogen and oxygen atoms in total. The molecular weight excluding hydrogens is 234 g/mol. The normalized spacial score (nSPS) is 12.1. The molecule has 0 aliphatic carbocycles. The molecule has 2 heteroatoms. The van der Waals surface area contributed by atoms with Crippen LogP contribution in [-0.4, -0.2) is 5.11 Å². The zero-order chi connectivity index (χ0) is 13.7. The van der Waals surface area contributed by atoms with Gasteiger partial charge in [0.1, 0.15) is 5.75 Å². The highest BCUT2D eigenvalue weighted by atomic mass is 16.3. The number of benzene rings is 2. The lowest BCUT2D eigenvalue weighted by molar-refractivity contribution is 0.475. The van der Waals surface area contributed by atoms with E-state index in [4.69, 9.17) is 0 Å². The first-order chi connectivity index (χ1) is 9.19. The van der Waals surface area contributed by atoms with Gasteiger partial charge in [0.05, 0.1) is 0 Å². The number of hydrogen-bond acceptors (Lipinski definition) is 2. The zero-order valence-corrected chi connectivity index (χ0v) is 11.6. The van der Waals surface area contributed by atoms with Crippen LogP contribution in [0.25, 0.3) is 0 Å². The Hall–Kier alpha value is -1.96. The predicted octanol–water partition coefficient (Wildman–Crippen LogP) is 4.52. The van der Waals surface area contributed by atoms with Crippen molar-refractivity contribution in [2.45, 2.75) is 32.7 Å². The third kappa shape index (κ3) is 3.75. The highest BCUT2D eigenvalue weighted by Crippen LogP contribution is 2.22. The number of phenols is 1. The molecule has 0 amide bonds. The fraction of sp³-hybridized carbons (Fsp3) is 0.294. The molecular formula is C17H21NO. The number of nitrogens with one attached hydrogen (secondary N) is 1. The van der Waals surface area contributed by atoms with Crippen molar-refractivity contribution in [3.05, 3.63) is 59.7 Å². The summed E-state index contributed by atoms with van der Waals surface area (Å²) in [5, 5.41) is 12.8. The lowest BCUT2D eigenvalue weighted by Crippen LogP contribution is -2.06. The first kappa shape index (κ1) is 13.5. The maximum atomic E-state index is 9.45. The monoisotopic (exact) mass is 255 g/mol. The quantitative estimate of drug-likeness (QED) is 0.823. The van der Waals surface area contributed by atoms with E-state index < -0.39 is 0 Å². The molecule has 0 fully saturated rings. The smallest absolute Gasteiger partial charge is 0.117 e. The second kappa shape index (κ2) is 6.28. The Balaban J connectivity index is 2.05. The standard InChI is InChI=1S/C17H21NO/c1-3-5-14-8-10-15(11-9-14)13(2)18-16-6-4-7-17(19)12-16/h4,6-13,18-19H,3,5H2,1-2H3. The van der Waals surface area contributed by atoms with Crippen LogP contribution < -0.4 is 5.32 Å². The van der Waals surface area contributed by atoms with Gasteiger partial charge < -0.3 is 10.4 Å². The van der Waals surface area contributed by atoms with Gasteiger partial charge in [-0.05, 0) is 36.6 Å². The van der Waals surface area contributed by atoms with Crippen LogP contribution >= 0.6 is 0 Å². The summed E-state index contributed by atoms with van der Waals surface area (Å²) in [6.07, 6.45) is 2.31. The van der Waals surface area contributed by atoms with E-state index in [1.807, 2.05) is 12.1 Å². The number of rotatable bonds is 5. The summed E-state index contributed by atoms with van der Waals surface area (Å²) >= 11 is 0. The summed E-state index contributed by atoms with van der Waals surface area (Å²) in [5.41, 5.74) is 3.57. The zero-order valence-electron chi connectivity index (χ0n) is 11.6. The summed E-state index contributed by atoms with van der Waals surface area (Å²) in [4.78, 5) is 0. The summed E-state index contributed by atoms with van der Waals surface area (Å²) < 4.78 is 0. The summed E-state index contributed by atoms with van der Waals surface area (Å²) in [6, 6.07) is 16.2. The minimum absolute atomic E-state index is 0.220. The number of phenolic OH excluding ortho intramolecular Hbond substituents is 1. The molecule has 0 heterocycles. The van der Waals surface area contributed by atoms with Crippen molar-refractivity contribution in [3.8, 4) is 5.75 Å². The number of aromatic hydroxyl groups is 1. The van der Waals surface area contributed by atoms with Crippen LogP contribution in [0.3, 0.4) is 0 Å². The van der Waals surface area contributed by atoms with Gasteiger partial charge in [0, 0.05) is 17.8 Å². The van der Waals surface area contributed by atoms with Crippen LogP contribution in [0.5, 0.6) is 5.75 Å². The maximum Gasteiger partial charge on any atom is 0.117 e. The fourth-order valence-corrected chi connectivity index (χ4v) is 2.19. The van der Waals surface area contributed by atoms with Gasteiger partial charge in [-0.2, -0.15) is 0 Å². The highest BCUT2D eigenvalue weighted by molar-refractivity contribution is 5.49. The minimum Gasteiger partial charge on any atom is -0.508 e. The van der Waals surface area contributed by atoms with Gasteiger partial charge in [-0.15, -0.1) is 0 Å². The summed E-state index contributed by atoms with van der Waals surface area (Å²) in [7, 11) is 0. The molecule has 1 atom stereocenters. The van der Waals surface area contributed by atoms with Gasteiger partial charge in [-0.3, -0.25) is 0 Å². The van der Waals surface area contributed by atoms with E-state index in [2.05, 4.69) is 43.4 Å². The van der Waals surface area contributed by atoms with Crippen molar-refractivity contribution < 1.29 is 5.11 Å². The van der Waals surface area contributed by atoms with Crippen LogP contribution in [-0.2, 0) is 6.42 Å². The highest BCUT2D eigenvalue weighted by Gasteiger charge is 2.05. The van der Waals surface area contributed by atoms with E-state index in [9.17, 15) is 5.11 Å². The Morgan fingerprint density at radius 3 is 2.47 bits per heavy atom. The van der Waals surface area contributed by atoms with Crippen LogP contribution in [0.15, 0.2) is 48.5 Å². The second-order valence-corrected chi connectivity index (χ2v) is 4.91. The molecule has 0 aromatic heterocycles. The molecule has 2 aromatic carbocycles. The number of hydrogen-bond donors (Lipinski definition) is 2. The molecule has 100 valence electrons. The molecule has 19 heavy (non-hydrogen) atoms. The third-order valence-electron chi connectivity index (χ3n) is 3.25. The van der Waals surface area contributed by atoms with E-state index >= 15 is 0 Å². The fourth-order valence-electron chi connectivity index (χ4n) is 2.19. The third-order valence-corrected chi connectivity index (χ3v) is 3.25. The van der Waals surface area contributed by atoms with Gasteiger partial charge in [0.15, 0.2) is 0 Å². The molecule has 2 rings (SSSR count). The van der Waals surface area contributed by atoms with Crippen molar-refractivity contribution in [2.75, 3.05) is 5.32 Å². The Kier molecular flexibility index (Phi) is 4.45. The minimum atomic E-state index is 0.220. The largest absolute Gasteiger partial charge is 0.508 e. The molecule has 0 saturated carbocycles. The molecule has 0 aliphatic heterocycles. The van der Waals surface area contributed by atoms with Crippen molar-refractivity contribution in [1.29, 1.82) is 0 Å². The van der Waals surface area contributed by atoms with Crippen molar-refractivity contribution in [2.24, 2.45) is 0 Å². The van der Waals surface area contributed by atoms with Gasteiger partial charge in [0.25, 0.3) is 0 Å². The Morgan fingerprint density at radius 1 is 1.11 bits per heavy atom. The van der Waals surface area contributed by atoms with E-state index in [0.717, 1.165) is 12.1 Å². The molecule has 0 radical (unpaired) electrons. The molecule has 2 N–H and O–H groups in total. The van der Waals surface area contributed by atoms with Crippen molar-refractivity contribution >= 4 is 5.69 Å². The van der Waals surface area contributed by atoms with Gasteiger partial charge >= 0.3 is 0 Å². The Bertz CT molecular complexity index is 519. The second-order valence-electron chi connectivity index (χ2n) is 4.91. The average Bonchev–Trinajstić information content (AvgIpc) is 2.40. The van der Waals surface area contributed by atoms with E-state index in [1.54, 1.807) is 12.1 Å². The first-order valence-electron chi connectivity index (χ1n) is 6.83. The molecule has 0 bridgehead atoms. The molecule has 0 aliphatic rings. The topological polar surface area (TPSA) is 32.3 Å². The number of anilines is 1. The molecule has 1 unspecified atom stereocenters. The average molecular weight is 255 g/mol. The summed E-state index contributed by atoms with van der Waals surface area (Å²) in [5.74, 6) is 0.287. The first-order valence-corrected chi connectivity index (χ1v) is 6.83. The van der Waals surface area contributed by atoms with Gasteiger partial charge in [-0.25, -0.2) is 0 Å². The molecule has 0 spiro atoms. The molecule has 2 aromatic rings. The lowest BCUT2D eigenvalue weighted by atomic mass is 10.0. The number of aryl methyl sites for hydroxylation is 1. The van der Waals surface area contributed by atoms with Crippen molar-refractivity contribution in [1.82, 2.24) is 0 Å². The van der Waals surface area contributed by atoms with Crippen LogP contribution in [0.1, 0.15) is 37.4 Å². The van der Waals surface area contributed by atoms with E-state index in [0.29, 0.717) is 0 Å². The summed E-state index contributed by atoms with van der Waals surface area (Å²) in [6.45, 7) is 4.32. The van der Waals surface area contributed by atoms with Crippen LogP contribution in [0.4, 0.5) is 5.69 Å². The van der Waals surface area contributed by atoms with E-state index in [-0.39, 0.29) is 11.8 Å². The Labute approximate surface area is 115 Å². The van der Waals surface area contributed by atoms with Crippen LogP contribution in [0, 0.1) is 0 Å². The lowest BCUT2D eigenvalue weighted by Gasteiger charge is -2.16. The van der Waals surface area contributed by atoms with Gasteiger partial charge in [0.2, 0.25) is 0 Å².